The van der Waals surface area contributed by atoms with Gasteiger partial charge in [-0.05, 0) is 19.8 Å². The van der Waals surface area contributed by atoms with Crippen LogP contribution in [0.4, 0.5) is 0 Å². The molecule has 1 aliphatic rings. The molecule has 2 aromatic rings. The molecule has 27 heavy (non-hydrogen) atoms. The summed E-state index contributed by atoms with van der Waals surface area (Å²) in [6.07, 6.45) is 1.48. The summed E-state index contributed by atoms with van der Waals surface area (Å²) < 4.78 is 13.2. The van der Waals surface area contributed by atoms with Gasteiger partial charge in [0.15, 0.2) is 0 Å². The molecule has 3 rings (SSSR count). The van der Waals surface area contributed by atoms with Gasteiger partial charge in [0.25, 0.3) is 5.91 Å². The predicted octanol–water partition coefficient (Wildman–Crippen LogP) is 0.429. The second-order valence-corrected chi connectivity index (χ2v) is 6.36. The Morgan fingerprint density at radius 3 is 2.52 bits per heavy atom. The smallest absolute Gasteiger partial charge is 0.345 e. The first-order valence-corrected chi connectivity index (χ1v) is 8.88. The van der Waals surface area contributed by atoms with Crippen molar-refractivity contribution in [1.29, 1.82) is 0 Å². The van der Waals surface area contributed by atoms with E-state index in [0.29, 0.717) is 19.6 Å². The van der Waals surface area contributed by atoms with Gasteiger partial charge in [-0.2, -0.15) is 15.1 Å². The second-order valence-electron chi connectivity index (χ2n) is 6.36. The lowest BCUT2D eigenvalue weighted by molar-refractivity contribution is 0.0702. The number of aryl methyl sites for hydroxylation is 1. The van der Waals surface area contributed by atoms with Crippen LogP contribution < -0.4 is 15.2 Å². The number of likely N-dealkylation sites (tertiary alicyclic amines) is 1. The number of piperidine rings is 1. The molecule has 146 valence electrons. The summed E-state index contributed by atoms with van der Waals surface area (Å²) in [5.74, 6) is 1.03. The van der Waals surface area contributed by atoms with Crippen LogP contribution in [0.2, 0.25) is 0 Å². The number of ether oxygens (including phenoxy) is 2. The van der Waals surface area contributed by atoms with E-state index in [4.69, 9.17) is 9.47 Å². The van der Waals surface area contributed by atoms with E-state index in [1.807, 2.05) is 6.92 Å². The number of hydrogen-bond acceptors (Lipinski definition) is 7. The molecule has 1 fully saturated rings. The zero-order chi connectivity index (χ0) is 19.6. The van der Waals surface area contributed by atoms with Crippen LogP contribution >= 0.6 is 0 Å². The van der Waals surface area contributed by atoms with Crippen molar-refractivity contribution in [3.8, 4) is 11.9 Å². The molecule has 0 N–H and O–H groups in total. The average molecular weight is 376 g/mol. The Hall–Kier alpha value is -2.91. The van der Waals surface area contributed by atoms with Crippen molar-refractivity contribution in [2.24, 2.45) is 7.05 Å². The van der Waals surface area contributed by atoms with E-state index < -0.39 is 0 Å². The quantitative estimate of drug-likeness (QED) is 0.745. The van der Waals surface area contributed by atoms with Crippen LogP contribution in [0, 0.1) is 0 Å². The van der Waals surface area contributed by atoms with Crippen molar-refractivity contribution < 1.29 is 14.3 Å². The van der Waals surface area contributed by atoms with Gasteiger partial charge in [-0.1, -0.05) is 0 Å². The van der Waals surface area contributed by atoms with Gasteiger partial charge in [-0.15, -0.1) is 0 Å². The first-order valence-electron chi connectivity index (χ1n) is 8.88. The summed E-state index contributed by atoms with van der Waals surface area (Å²) in [5, 5.41) is 4.39. The van der Waals surface area contributed by atoms with Gasteiger partial charge >= 0.3 is 11.7 Å². The number of amides is 1. The van der Waals surface area contributed by atoms with Crippen LogP contribution in [0.1, 0.15) is 42.0 Å². The van der Waals surface area contributed by atoms with Gasteiger partial charge in [0.2, 0.25) is 5.88 Å². The molecule has 10 heteroatoms. The van der Waals surface area contributed by atoms with E-state index in [2.05, 4.69) is 15.1 Å². The first-order chi connectivity index (χ1) is 13.0. The van der Waals surface area contributed by atoms with E-state index in [-0.39, 0.29) is 35.1 Å². The van der Waals surface area contributed by atoms with E-state index in [0.717, 1.165) is 18.7 Å². The Balaban J connectivity index is 1.73. The van der Waals surface area contributed by atoms with Crippen molar-refractivity contribution in [3.63, 3.8) is 0 Å². The van der Waals surface area contributed by atoms with E-state index in [1.165, 1.54) is 25.0 Å². The minimum absolute atomic E-state index is 0.0908. The maximum Gasteiger partial charge on any atom is 0.345 e. The standard InChI is InChI=1S/C17H24N6O4/c1-5-23-14(20-21(2)17(23)25)11-6-8-22(9-7-11)15(24)12-10-13(26-3)19-16(18-12)27-4/h10-11H,5-9H2,1-4H3. The van der Waals surface area contributed by atoms with Crippen molar-refractivity contribution >= 4 is 5.91 Å². The Kier molecular flexibility index (Phi) is 5.43. The fourth-order valence-corrected chi connectivity index (χ4v) is 3.33. The summed E-state index contributed by atoms with van der Waals surface area (Å²) in [6, 6.07) is 1.60. The molecule has 0 radical (unpaired) electrons. The highest BCUT2D eigenvalue weighted by Gasteiger charge is 2.29. The highest BCUT2D eigenvalue weighted by atomic mass is 16.5. The highest BCUT2D eigenvalue weighted by Crippen LogP contribution is 2.27. The first kappa shape index (κ1) is 18.9. The SMILES string of the molecule is CCn1c(C2CCN(C(=O)c3cc(OC)nc(OC)n3)CC2)nn(C)c1=O. The van der Waals surface area contributed by atoms with E-state index in [1.54, 1.807) is 16.5 Å². The van der Waals surface area contributed by atoms with Crippen molar-refractivity contribution in [1.82, 2.24) is 29.2 Å². The lowest BCUT2D eigenvalue weighted by Crippen LogP contribution is -2.39. The number of rotatable bonds is 5. The highest BCUT2D eigenvalue weighted by molar-refractivity contribution is 5.92. The molecule has 1 saturated heterocycles. The summed E-state index contributed by atoms with van der Waals surface area (Å²) in [4.78, 5) is 34.8. The number of carbonyl (C=O) groups excluding carboxylic acids is 1. The van der Waals surface area contributed by atoms with E-state index in [9.17, 15) is 9.59 Å². The number of carbonyl (C=O) groups is 1. The average Bonchev–Trinajstić information content (AvgIpc) is 3.00. The Morgan fingerprint density at radius 2 is 1.93 bits per heavy atom. The van der Waals surface area contributed by atoms with Gasteiger partial charge in [-0.3, -0.25) is 9.36 Å². The largest absolute Gasteiger partial charge is 0.481 e. The third kappa shape index (κ3) is 3.64. The Bertz CT molecular complexity index is 860. The topological polar surface area (TPSA) is 104 Å². The van der Waals surface area contributed by atoms with Crippen molar-refractivity contribution in [2.75, 3.05) is 27.3 Å². The van der Waals surface area contributed by atoms with Crippen molar-refractivity contribution in [2.45, 2.75) is 32.2 Å². The third-order valence-corrected chi connectivity index (χ3v) is 4.79. The van der Waals surface area contributed by atoms with Gasteiger partial charge in [0, 0.05) is 38.7 Å². The number of hydrogen-bond donors (Lipinski definition) is 0. The van der Waals surface area contributed by atoms with Crippen LogP contribution in [0.3, 0.4) is 0 Å². The Labute approximate surface area is 156 Å². The van der Waals surface area contributed by atoms with Gasteiger partial charge in [0.1, 0.15) is 11.5 Å². The lowest BCUT2D eigenvalue weighted by Gasteiger charge is -2.31. The molecule has 0 aromatic carbocycles. The maximum absolute atomic E-state index is 12.8. The molecule has 0 atom stereocenters. The lowest BCUT2D eigenvalue weighted by atomic mass is 9.95. The van der Waals surface area contributed by atoms with Crippen molar-refractivity contribution in [3.05, 3.63) is 28.1 Å². The summed E-state index contributed by atoms with van der Waals surface area (Å²) in [5.41, 5.74) is 0.131. The van der Waals surface area contributed by atoms with Gasteiger partial charge < -0.3 is 14.4 Å². The summed E-state index contributed by atoms with van der Waals surface area (Å²) in [6.45, 7) is 3.64. The zero-order valence-electron chi connectivity index (χ0n) is 16.0. The van der Waals surface area contributed by atoms with Crippen LogP contribution in [0.15, 0.2) is 10.9 Å². The molecule has 2 aromatic heterocycles. The fourth-order valence-electron chi connectivity index (χ4n) is 3.33. The van der Waals surface area contributed by atoms with Crippen LogP contribution in [0.25, 0.3) is 0 Å². The fraction of sp³-hybridized carbons (Fsp3) is 0.588. The minimum Gasteiger partial charge on any atom is -0.481 e. The molecular weight excluding hydrogens is 352 g/mol. The third-order valence-electron chi connectivity index (χ3n) is 4.79. The van der Waals surface area contributed by atoms with Crippen LogP contribution in [0.5, 0.6) is 11.9 Å². The summed E-state index contributed by atoms with van der Waals surface area (Å²) in [7, 11) is 4.57. The van der Waals surface area contributed by atoms with Gasteiger partial charge in [0.05, 0.1) is 14.2 Å². The molecule has 0 unspecified atom stereocenters. The van der Waals surface area contributed by atoms with Crippen LogP contribution in [-0.4, -0.2) is 62.4 Å². The molecular formula is C17H24N6O4. The number of aromatic nitrogens is 5. The maximum atomic E-state index is 12.8. The van der Waals surface area contributed by atoms with E-state index >= 15 is 0 Å². The number of methoxy groups -OCH3 is 2. The molecule has 0 bridgehead atoms. The molecule has 10 nitrogen and oxygen atoms in total. The second kappa shape index (κ2) is 7.77. The molecule has 0 aliphatic carbocycles. The zero-order valence-corrected chi connectivity index (χ0v) is 16.0. The number of nitrogens with zero attached hydrogens (tertiary/aromatic N) is 6. The molecule has 3 heterocycles. The predicted molar refractivity (Wildman–Crippen MR) is 96.2 cm³/mol. The monoisotopic (exact) mass is 376 g/mol. The molecule has 0 saturated carbocycles. The van der Waals surface area contributed by atoms with Gasteiger partial charge in [-0.25, -0.2) is 9.48 Å². The minimum atomic E-state index is -0.193. The normalized spacial score (nSPS) is 15.0. The Morgan fingerprint density at radius 1 is 1.22 bits per heavy atom. The molecule has 0 spiro atoms. The summed E-state index contributed by atoms with van der Waals surface area (Å²) >= 11 is 0. The van der Waals surface area contributed by atoms with Crippen LogP contribution in [-0.2, 0) is 13.6 Å². The molecule has 1 amide bonds. The molecule has 1 aliphatic heterocycles.